The predicted molar refractivity (Wildman–Crippen MR) is 110 cm³/mol. The van der Waals surface area contributed by atoms with Crippen molar-refractivity contribution >= 4 is 35.4 Å². The Kier molecular flexibility index (Phi) is 12.7. The Labute approximate surface area is 181 Å². The molecule has 176 valence electrons. The lowest BCUT2D eigenvalue weighted by Gasteiger charge is -2.29. The van der Waals surface area contributed by atoms with E-state index in [4.69, 9.17) is 5.73 Å². The van der Waals surface area contributed by atoms with Gasteiger partial charge in [0.15, 0.2) is 0 Å². The molecule has 0 aromatic heterocycles. The van der Waals surface area contributed by atoms with Crippen LogP contribution >= 0.6 is 0 Å². The van der Waals surface area contributed by atoms with Crippen LogP contribution in [0.3, 0.4) is 0 Å². The molecule has 4 N–H and O–H groups in total. The van der Waals surface area contributed by atoms with E-state index in [9.17, 15) is 28.8 Å². The molecular formula is C19H33N5O7. The van der Waals surface area contributed by atoms with Crippen LogP contribution in [-0.4, -0.2) is 90.7 Å². The first-order chi connectivity index (χ1) is 14.5. The Bertz CT molecular complexity index is 681. The van der Waals surface area contributed by atoms with Crippen LogP contribution in [0.2, 0.25) is 0 Å². The first kappa shape index (κ1) is 28.0. The molecule has 0 spiro atoms. The fourth-order valence-corrected chi connectivity index (χ4v) is 2.88. The maximum atomic E-state index is 12.7. The van der Waals surface area contributed by atoms with Crippen molar-refractivity contribution in [2.24, 2.45) is 5.73 Å². The molecule has 0 bridgehead atoms. The van der Waals surface area contributed by atoms with E-state index >= 15 is 0 Å². The van der Waals surface area contributed by atoms with Crippen molar-refractivity contribution in [1.29, 1.82) is 0 Å². The van der Waals surface area contributed by atoms with Gasteiger partial charge in [0.25, 0.3) is 0 Å². The predicted octanol–water partition coefficient (Wildman–Crippen LogP) is -1.87. The van der Waals surface area contributed by atoms with Gasteiger partial charge in [0.2, 0.25) is 35.4 Å². The topological polar surface area (TPSA) is 168 Å². The van der Waals surface area contributed by atoms with Gasteiger partial charge < -0.3 is 26.0 Å². The minimum Gasteiger partial charge on any atom is -0.375 e. The number of ether oxygens (including phenoxy) is 1. The average Bonchev–Trinajstić information content (AvgIpc) is 2.67. The third-order valence-electron chi connectivity index (χ3n) is 4.30. The van der Waals surface area contributed by atoms with Gasteiger partial charge in [-0.15, -0.1) is 0 Å². The third-order valence-corrected chi connectivity index (χ3v) is 4.30. The second-order valence-corrected chi connectivity index (χ2v) is 7.00. The second-order valence-electron chi connectivity index (χ2n) is 7.00. The van der Waals surface area contributed by atoms with Gasteiger partial charge in [-0.2, -0.15) is 0 Å². The van der Waals surface area contributed by atoms with Crippen molar-refractivity contribution in [3.05, 3.63) is 0 Å². The number of methoxy groups -OCH3 is 1. The summed E-state index contributed by atoms with van der Waals surface area (Å²) in [4.78, 5) is 74.6. The lowest BCUT2D eigenvalue weighted by atomic mass is 10.1. The van der Waals surface area contributed by atoms with Gasteiger partial charge in [-0.05, 0) is 27.2 Å². The van der Waals surface area contributed by atoms with Gasteiger partial charge in [-0.25, -0.2) is 0 Å². The van der Waals surface area contributed by atoms with Crippen molar-refractivity contribution < 1.29 is 33.5 Å². The molecule has 0 aliphatic carbocycles. The molecule has 0 fully saturated rings. The number of carbonyl (C=O) groups is 6. The molecule has 0 saturated carbocycles. The normalized spacial score (nSPS) is 11.4. The van der Waals surface area contributed by atoms with Crippen LogP contribution in [0, 0.1) is 0 Å². The summed E-state index contributed by atoms with van der Waals surface area (Å²) in [6, 6.07) is -1.45. The molecule has 0 aromatic carbocycles. The molecular weight excluding hydrogens is 410 g/mol. The number of hydrogen-bond acceptors (Lipinski definition) is 7. The highest BCUT2D eigenvalue weighted by Gasteiger charge is 2.33. The zero-order valence-corrected chi connectivity index (χ0v) is 18.7. The fourth-order valence-electron chi connectivity index (χ4n) is 2.88. The van der Waals surface area contributed by atoms with Gasteiger partial charge in [0.1, 0.15) is 12.6 Å². The van der Waals surface area contributed by atoms with E-state index < -0.39 is 42.1 Å². The number of primary amides is 1. The van der Waals surface area contributed by atoms with E-state index in [1.54, 1.807) is 6.92 Å². The number of amides is 6. The molecule has 0 saturated heterocycles. The molecule has 1 unspecified atom stereocenters. The van der Waals surface area contributed by atoms with Crippen LogP contribution in [0.15, 0.2) is 0 Å². The van der Waals surface area contributed by atoms with Gasteiger partial charge >= 0.3 is 0 Å². The number of hydrogen-bond donors (Lipinski definition) is 3. The summed E-state index contributed by atoms with van der Waals surface area (Å²) in [7, 11) is 1.30. The Balaban J connectivity index is 5.43. The number of carbonyl (C=O) groups excluding carboxylic acids is 6. The molecule has 1 atom stereocenters. The lowest BCUT2D eigenvalue weighted by Crippen LogP contribution is -2.55. The van der Waals surface area contributed by atoms with Crippen LogP contribution < -0.4 is 16.4 Å². The lowest BCUT2D eigenvalue weighted by molar-refractivity contribution is -0.151. The minimum atomic E-state index is -1.38. The summed E-state index contributed by atoms with van der Waals surface area (Å²) in [5.74, 6) is -4.07. The first-order valence-corrected chi connectivity index (χ1v) is 9.89. The maximum absolute atomic E-state index is 12.7. The van der Waals surface area contributed by atoms with Crippen LogP contribution in [0.1, 0.15) is 40.5 Å². The monoisotopic (exact) mass is 443 g/mol. The van der Waals surface area contributed by atoms with E-state index in [2.05, 4.69) is 15.4 Å². The number of imide groups is 1. The van der Waals surface area contributed by atoms with Gasteiger partial charge in [0.05, 0.1) is 13.1 Å². The van der Waals surface area contributed by atoms with Crippen molar-refractivity contribution in [3.8, 4) is 0 Å². The minimum absolute atomic E-state index is 0.0777. The highest BCUT2D eigenvalue weighted by Crippen LogP contribution is 2.10. The Hall–Kier alpha value is -3.02. The zero-order chi connectivity index (χ0) is 24.1. The standard InChI is InChI=1S/C19H33N5O7/c1-6-23(12(2)3)17(28)9-22-19(30)14(7-8-15(20)26)24(13(4)25)18(29)10-21-16(27)11-31-5/h12,14H,6-11H2,1-5H3,(H2,20,26)(H,21,27)(H,22,30). The first-order valence-electron chi connectivity index (χ1n) is 9.89. The molecule has 0 rings (SSSR count). The Morgan fingerprint density at radius 3 is 2.03 bits per heavy atom. The summed E-state index contributed by atoms with van der Waals surface area (Å²) in [6.07, 6.45) is -0.499. The van der Waals surface area contributed by atoms with E-state index in [1.165, 1.54) is 12.0 Å². The van der Waals surface area contributed by atoms with Crippen LogP contribution in [0.4, 0.5) is 0 Å². The van der Waals surface area contributed by atoms with Crippen LogP contribution in [0.25, 0.3) is 0 Å². The molecule has 0 radical (unpaired) electrons. The van der Waals surface area contributed by atoms with E-state index in [1.807, 2.05) is 13.8 Å². The summed E-state index contributed by atoms with van der Waals surface area (Å²) in [5.41, 5.74) is 5.15. The number of rotatable bonds is 13. The van der Waals surface area contributed by atoms with Crippen molar-refractivity contribution in [1.82, 2.24) is 20.4 Å². The number of nitrogens with one attached hydrogen (secondary N) is 2. The zero-order valence-electron chi connectivity index (χ0n) is 18.7. The van der Waals surface area contributed by atoms with Gasteiger partial charge in [0, 0.05) is 33.0 Å². The largest absolute Gasteiger partial charge is 0.375 e. The molecule has 0 aromatic rings. The number of nitrogens with zero attached hydrogens (tertiary/aromatic N) is 2. The SMILES string of the molecule is CCN(C(=O)CNC(=O)C(CCC(N)=O)N(C(C)=O)C(=O)CNC(=O)COC)C(C)C. The second kappa shape index (κ2) is 14.1. The summed E-state index contributed by atoms with van der Waals surface area (Å²) in [5, 5.41) is 4.69. The van der Waals surface area contributed by atoms with E-state index in [0.717, 1.165) is 6.92 Å². The molecule has 0 aliphatic rings. The molecule has 12 nitrogen and oxygen atoms in total. The van der Waals surface area contributed by atoms with Gasteiger partial charge in [-0.3, -0.25) is 33.7 Å². The quantitative estimate of drug-likeness (QED) is 0.300. The van der Waals surface area contributed by atoms with E-state index in [-0.39, 0.29) is 37.9 Å². The molecule has 0 aliphatic heterocycles. The van der Waals surface area contributed by atoms with E-state index in [0.29, 0.717) is 11.4 Å². The average molecular weight is 444 g/mol. The molecule has 6 amide bonds. The highest BCUT2D eigenvalue weighted by atomic mass is 16.5. The highest BCUT2D eigenvalue weighted by molar-refractivity contribution is 6.01. The van der Waals surface area contributed by atoms with Gasteiger partial charge in [-0.1, -0.05) is 0 Å². The molecule has 0 heterocycles. The molecule has 12 heteroatoms. The van der Waals surface area contributed by atoms with Crippen LogP contribution in [-0.2, 0) is 33.5 Å². The fraction of sp³-hybridized carbons (Fsp3) is 0.684. The van der Waals surface area contributed by atoms with Crippen molar-refractivity contribution in [2.75, 3.05) is 33.4 Å². The number of likely N-dealkylation sites (N-methyl/N-ethyl adjacent to an activating group) is 1. The maximum Gasteiger partial charge on any atom is 0.249 e. The third kappa shape index (κ3) is 10.0. The Morgan fingerprint density at radius 1 is 1.00 bits per heavy atom. The summed E-state index contributed by atoms with van der Waals surface area (Å²) in [6.45, 7) is 5.77. The van der Waals surface area contributed by atoms with Crippen LogP contribution in [0.5, 0.6) is 0 Å². The number of nitrogens with two attached hydrogens (primary N) is 1. The summed E-state index contributed by atoms with van der Waals surface area (Å²) < 4.78 is 4.64. The van der Waals surface area contributed by atoms with Crippen molar-refractivity contribution in [2.45, 2.75) is 52.6 Å². The Morgan fingerprint density at radius 2 is 1.58 bits per heavy atom. The summed E-state index contributed by atoms with van der Waals surface area (Å²) >= 11 is 0. The smallest absolute Gasteiger partial charge is 0.249 e. The van der Waals surface area contributed by atoms with Crippen molar-refractivity contribution in [3.63, 3.8) is 0 Å². The molecule has 31 heavy (non-hydrogen) atoms.